The van der Waals surface area contributed by atoms with Crippen molar-refractivity contribution >= 4 is 46.2 Å². The summed E-state index contributed by atoms with van der Waals surface area (Å²) in [6, 6.07) is 13.6. The third-order valence-electron chi connectivity index (χ3n) is 7.10. The van der Waals surface area contributed by atoms with Crippen LogP contribution in [0.4, 0.5) is 5.69 Å². The molecule has 2 aromatic carbocycles. The first-order valence-corrected chi connectivity index (χ1v) is 14.5. The van der Waals surface area contributed by atoms with Crippen LogP contribution in [0.25, 0.3) is 0 Å². The van der Waals surface area contributed by atoms with Crippen molar-refractivity contribution in [2.45, 2.75) is 18.4 Å². The summed E-state index contributed by atoms with van der Waals surface area (Å²) in [5, 5.41) is 7.88. The molecule has 214 valence electrons. The summed E-state index contributed by atoms with van der Waals surface area (Å²) in [7, 11) is 1.83. The summed E-state index contributed by atoms with van der Waals surface area (Å²) in [6.45, 7) is 6.93. The lowest BCUT2D eigenvalue weighted by Gasteiger charge is -2.36. The van der Waals surface area contributed by atoms with Crippen molar-refractivity contribution in [3.8, 4) is 5.75 Å². The third kappa shape index (κ3) is 7.18. The van der Waals surface area contributed by atoms with Crippen LogP contribution in [0.2, 0.25) is 10.0 Å². The Kier molecular flexibility index (Phi) is 9.67. The highest BCUT2D eigenvalue weighted by Gasteiger charge is 2.45. The van der Waals surface area contributed by atoms with Crippen molar-refractivity contribution in [1.29, 1.82) is 0 Å². The van der Waals surface area contributed by atoms with E-state index in [1.54, 1.807) is 24.7 Å². The highest BCUT2D eigenvalue weighted by atomic mass is 35.5. The first-order chi connectivity index (χ1) is 19.4. The van der Waals surface area contributed by atoms with E-state index in [1.165, 1.54) is 5.69 Å². The fourth-order valence-electron chi connectivity index (χ4n) is 4.96. The zero-order chi connectivity index (χ0) is 28.0. The van der Waals surface area contributed by atoms with Crippen LogP contribution >= 0.6 is 35.4 Å². The second-order valence-electron chi connectivity index (χ2n) is 9.80. The third-order valence-corrected chi connectivity index (χ3v) is 8.00. The fraction of sp³-hybridized carbons (Fsp3) is 0.429. The Hall–Kier alpha value is -2.60. The van der Waals surface area contributed by atoms with E-state index in [4.69, 9.17) is 49.6 Å². The minimum Gasteiger partial charge on any atom is -0.491 e. The van der Waals surface area contributed by atoms with Crippen LogP contribution < -0.4 is 20.3 Å². The monoisotopic (exact) mass is 604 g/mol. The molecule has 3 heterocycles. The highest BCUT2D eigenvalue weighted by Crippen LogP contribution is 2.40. The maximum Gasteiger partial charge on any atom is 0.215 e. The number of nitrogens with zero attached hydrogens (tertiary/aromatic N) is 4. The van der Waals surface area contributed by atoms with Crippen LogP contribution in [0, 0.1) is 0 Å². The van der Waals surface area contributed by atoms with Gasteiger partial charge in [0.25, 0.3) is 0 Å². The molecule has 0 amide bonds. The standard InChI is InChI=1S/C28H34Cl2N6O3S/c1-31-27(40)33-9-11-34-12-14-36(15-13-34)22-3-5-23(6-4-22)37-17-24-18-38-28(39-24,19-35-10-8-32-20-35)25-7-2-21(29)16-26(25)30/h2-8,10,16,20,24H,9,11-15,17-19H2,1H3,(H2,31,33,40)/t24-,28-/m1/s1. The number of ether oxygens (including phenoxy) is 3. The molecule has 9 nitrogen and oxygen atoms in total. The van der Waals surface area contributed by atoms with Gasteiger partial charge in [0, 0.05) is 75.0 Å². The molecule has 0 spiro atoms. The number of anilines is 1. The van der Waals surface area contributed by atoms with Crippen LogP contribution in [-0.4, -0.2) is 85.2 Å². The highest BCUT2D eigenvalue weighted by molar-refractivity contribution is 7.80. The van der Waals surface area contributed by atoms with Crippen molar-refractivity contribution in [2.24, 2.45) is 0 Å². The molecule has 2 saturated heterocycles. The summed E-state index contributed by atoms with van der Waals surface area (Å²) in [5.74, 6) is -0.286. The van der Waals surface area contributed by atoms with Crippen molar-refractivity contribution < 1.29 is 14.2 Å². The van der Waals surface area contributed by atoms with Gasteiger partial charge in [0.2, 0.25) is 5.79 Å². The smallest absolute Gasteiger partial charge is 0.215 e. The second-order valence-corrected chi connectivity index (χ2v) is 11.1. The van der Waals surface area contributed by atoms with E-state index >= 15 is 0 Å². The van der Waals surface area contributed by atoms with Gasteiger partial charge in [0.15, 0.2) is 5.11 Å². The fourth-order valence-corrected chi connectivity index (χ4v) is 5.62. The minimum absolute atomic E-state index is 0.278. The topological polar surface area (TPSA) is 76.0 Å². The van der Waals surface area contributed by atoms with Crippen LogP contribution in [0.15, 0.2) is 61.2 Å². The lowest BCUT2D eigenvalue weighted by molar-refractivity contribution is -0.189. The zero-order valence-corrected chi connectivity index (χ0v) is 24.7. The Morgan fingerprint density at radius 1 is 1.15 bits per heavy atom. The first-order valence-electron chi connectivity index (χ1n) is 13.3. The Morgan fingerprint density at radius 2 is 1.95 bits per heavy atom. The molecule has 0 radical (unpaired) electrons. The van der Waals surface area contributed by atoms with E-state index in [1.807, 2.05) is 36.0 Å². The summed E-state index contributed by atoms with van der Waals surface area (Å²) in [6.07, 6.45) is 5.03. The minimum atomic E-state index is -1.07. The summed E-state index contributed by atoms with van der Waals surface area (Å²) in [4.78, 5) is 9.00. The van der Waals surface area contributed by atoms with E-state index in [0.29, 0.717) is 34.9 Å². The SMILES string of the molecule is CNC(=S)NCCN1CCN(c2ccc(OC[C@@H]3CO[C@@](Cn4ccnc4)(c4ccc(Cl)cc4Cl)O3)cc2)CC1. The van der Waals surface area contributed by atoms with Gasteiger partial charge >= 0.3 is 0 Å². The molecule has 12 heteroatoms. The van der Waals surface area contributed by atoms with Crippen molar-refractivity contribution in [2.75, 3.05) is 64.4 Å². The van der Waals surface area contributed by atoms with Crippen molar-refractivity contribution in [3.05, 3.63) is 76.8 Å². The predicted molar refractivity (Wildman–Crippen MR) is 161 cm³/mol. The van der Waals surface area contributed by atoms with Gasteiger partial charge in [-0.05, 0) is 48.6 Å². The zero-order valence-electron chi connectivity index (χ0n) is 22.4. The normalized spacial score (nSPS) is 21.4. The average molecular weight is 606 g/mol. The molecule has 0 aliphatic carbocycles. The molecule has 2 aliphatic heterocycles. The molecule has 1 aromatic heterocycles. The quantitative estimate of drug-likeness (QED) is 0.336. The number of hydrogen-bond acceptors (Lipinski definition) is 7. The molecule has 5 rings (SSSR count). The maximum absolute atomic E-state index is 6.57. The molecule has 2 aliphatic rings. The predicted octanol–water partition coefficient (Wildman–Crippen LogP) is 3.75. The van der Waals surface area contributed by atoms with Crippen LogP contribution in [0.3, 0.4) is 0 Å². The number of thiocarbonyl (C=S) groups is 1. The number of halogens is 2. The maximum atomic E-state index is 6.57. The number of imidazole rings is 1. The number of benzene rings is 2. The number of piperazine rings is 1. The molecule has 3 aromatic rings. The van der Waals surface area contributed by atoms with Gasteiger partial charge in [-0.25, -0.2) is 4.98 Å². The lowest BCUT2D eigenvalue weighted by atomic mass is 10.1. The molecule has 2 N–H and O–H groups in total. The van der Waals surface area contributed by atoms with E-state index in [2.05, 4.69) is 37.6 Å². The van der Waals surface area contributed by atoms with Crippen molar-refractivity contribution in [1.82, 2.24) is 25.1 Å². The number of aromatic nitrogens is 2. The molecule has 40 heavy (non-hydrogen) atoms. The second kappa shape index (κ2) is 13.4. The Balaban J connectivity index is 1.13. The molecule has 0 bridgehead atoms. The molecule has 0 unspecified atom stereocenters. The van der Waals surface area contributed by atoms with Gasteiger partial charge in [-0.2, -0.15) is 0 Å². The lowest BCUT2D eigenvalue weighted by Crippen LogP contribution is -2.49. The van der Waals surface area contributed by atoms with Gasteiger partial charge in [-0.3, -0.25) is 4.90 Å². The van der Waals surface area contributed by atoms with E-state index < -0.39 is 5.79 Å². The van der Waals surface area contributed by atoms with Crippen molar-refractivity contribution in [3.63, 3.8) is 0 Å². The number of hydrogen-bond donors (Lipinski definition) is 2. The molecule has 2 fully saturated rings. The van der Waals surface area contributed by atoms with E-state index in [-0.39, 0.29) is 6.10 Å². The largest absolute Gasteiger partial charge is 0.491 e. The summed E-state index contributed by atoms with van der Waals surface area (Å²) in [5.41, 5.74) is 1.91. The molecule has 0 saturated carbocycles. The average Bonchev–Trinajstić information content (AvgIpc) is 3.63. The molecular weight excluding hydrogens is 571 g/mol. The van der Waals surface area contributed by atoms with Gasteiger partial charge in [0.05, 0.1) is 24.5 Å². The van der Waals surface area contributed by atoms with Crippen LogP contribution in [0.1, 0.15) is 5.56 Å². The summed E-state index contributed by atoms with van der Waals surface area (Å²) >= 11 is 17.9. The van der Waals surface area contributed by atoms with Crippen LogP contribution in [-0.2, 0) is 21.8 Å². The van der Waals surface area contributed by atoms with Gasteiger partial charge in [-0.1, -0.05) is 29.3 Å². The summed E-state index contributed by atoms with van der Waals surface area (Å²) < 4.78 is 20.8. The number of nitrogens with one attached hydrogen (secondary N) is 2. The first kappa shape index (κ1) is 28.9. The van der Waals surface area contributed by atoms with Gasteiger partial charge in [-0.15, -0.1) is 0 Å². The Labute approximate surface area is 250 Å². The van der Waals surface area contributed by atoms with E-state index in [9.17, 15) is 0 Å². The number of rotatable bonds is 10. The van der Waals surface area contributed by atoms with E-state index in [0.717, 1.165) is 50.6 Å². The molecular formula is C28H34Cl2N6O3S. The Morgan fingerprint density at radius 3 is 2.65 bits per heavy atom. The molecule has 2 atom stereocenters. The van der Waals surface area contributed by atoms with Crippen LogP contribution in [0.5, 0.6) is 5.75 Å². The van der Waals surface area contributed by atoms with Gasteiger partial charge in [0.1, 0.15) is 18.5 Å². The van der Waals surface area contributed by atoms with Gasteiger partial charge < -0.3 is 34.3 Å². The Bertz CT molecular complexity index is 1260.